The van der Waals surface area contributed by atoms with Gasteiger partial charge >= 0.3 is 0 Å². The van der Waals surface area contributed by atoms with Crippen LogP contribution >= 0.6 is 11.6 Å². The molecule has 1 N–H and O–H groups in total. The zero-order valence-corrected chi connectivity index (χ0v) is 11.1. The Hall–Kier alpha value is -0.810. The summed E-state index contributed by atoms with van der Waals surface area (Å²) in [6.07, 6.45) is 1.22. The Labute approximate surface area is 101 Å². The SMILES string of the molecule is CC(C)(CNc1cccc(Cl)n1)S(C)(=O)=O. The minimum atomic E-state index is -3.11. The number of anilines is 1. The Morgan fingerprint density at radius 3 is 2.56 bits per heavy atom. The predicted octanol–water partition coefficient (Wildman–Crippen LogP) is 1.97. The highest BCUT2D eigenvalue weighted by Gasteiger charge is 2.29. The number of nitrogens with zero attached hydrogens (tertiary/aromatic N) is 1. The lowest BCUT2D eigenvalue weighted by Crippen LogP contribution is -2.38. The quantitative estimate of drug-likeness (QED) is 0.843. The molecule has 1 aromatic heterocycles. The minimum Gasteiger partial charge on any atom is -0.368 e. The van der Waals surface area contributed by atoms with Crippen molar-refractivity contribution in [3.63, 3.8) is 0 Å². The van der Waals surface area contributed by atoms with Crippen LogP contribution in [0.5, 0.6) is 0 Å². The molecule has 0 aromatic carbocycles. The summed E-state index contributed by atoms with van der Waals surface area (Å²) < 4.78 is 22.1. The van der Waals surface area contributed by atoms with Gasteiger partial charge in [-0.1, -0.05) is 17.7 Å². The van der Waals surface area contributed by atoms with Gasteiger partial charge in [0.15, 0.2) is 9.84 Å². The van der Waals surface area contributed by atoms with Crippen molar-refractivity contribution in [1.29, 1.82) is 0 Å². The third-order valence-electron chi connectivity index (χ3n) is 2.41. The average molecular weight is 263 g/mol. The highest BCUT2D eigenvalue weighted by atomic mass is 35.5. The summed E-state index contributed by atoms with van der Waals surface area (Å²) in [6, 6.07) is 5.16. The summed E-state index contributed by atoms with van der Waals surface area (Å²) in [4.78, 5) is 4.02. The highest BCUT2D eigenvalue weighted by Crippen LogP contribution is 2.16. The van der Waals surface area contributed by atoms with Gasteiger partial charge in [0.2, 0.25) is 0 Å². The number of rotatable bonds is 4. The summed E-state index contributed by atoms with van der Waals surface area (Å²) in [5.41, 5.74) is 0. The van der Waals surface area contributed by atoms with Crippen LogP contribution in [0.15, 0.2) is 18.2 Å². The molecule has 0 bridgehead atoms. The molecule has 1 aromatic rings. The fourth-order valence-corrected chi connectivity index (χ4v) is 1.44. The van der Waals surface area contributed by atoms with Gasteiger partial charge in [-0.15, -0.1) is 0 Å². The molecule has 0 saturated heterocycles. The Balaban J connectivity index is 2.72. The van der Waals surface area contributed by atoms with Crippen molar-refractivity contribution in [2.24, 2.45) is 0 Å². The Kier molecular flexibility index (Phi) is 3.80. The first-order valence-corrected chi connectivity index (χ1v) is 7.05. The van der Waals surface area contributed by atoms with Crippen LogP contribution in [0.25, 0.3) is 0 Å². The fourth-order valence-electron chi connectivity index (χ4n) is 0.941. The standard InChI is InChI=1S/C10H15ClN2O2S/c1-10(2,16(3,14)15)7-12-9-6-4-5-8(11)13-9/h4-6H,7H2,1-3H3,(H,12,13). The molecule has 6 heteroatoms. The molecule has 0 atom stereocenters. The molecule has 0 radical (unpaired) electrons. The maximum absolute atomic E-state index is 11.5. The first-order valence-electron chi connectivity index (χ1n) is 4.78. The lowest BCUT2D eigenvalue weighted by atomic mass is 10.2. The predicted molar refractivity (Wildman–Crippen MR) is 66.7 cm³/mol. The molecule has 90 valence electrons. The highest BCUT2D eigenvalue weighted by molar-refractivity contribution is 7.92. The van der Waals surface area contributed by atoms with E-state index >= 15 is 0 Å². The van der Waals surface area contributed by atoms with E-state index in [1.165, 1.54) is 6.26 Å². The smallest absolute Gasteiger partial charge is 0.154 e. The molecule has 1 heterocycles. The van der Waals surface area contributed by atoms with Crippen LogP contribution < -0.4 is 5.32 Å². The number of hydrogen-bond donors (Lipinski definition) is 1. The van der Waals surface area contributed by atoms with Crippen molar-refractivity contribution in [3.8, 4) is 0 Å². The van der Waals surface area contributed by atoms with Gasteiger partial charge in [0, 0.05) is 12.8 Å². The maximum Gasteiger partial charge on any atom is 0.154 e. The Morgan fingerprint density at radius 2 is 2.06 bits per heavy atom. The van der Waals surface area contributed by atoms with E-state index in [0.29, 0.717) is 17.5 Å². The first-order chi connectivity index (χ1) is 7.22. The zero-order chi connectivity index (χ0) is 12.4. The van der Waals surface area contributed by atoms with Crippen molar-refractivity contribution in [1.82, 2.24) is 4.98 Å². The van der Waals surface area contributed by atoms with E-state index in [2.05, 4.69) is 10.3 Å². The zero-order valence-electron chi connectivity index (χ0n) is 9.49. The van der Waals surface area contributed by atoms with Crippen LogP contribution in [0.2, 0.25) is 5.15 Å². The van der Waals surface area contributed by atoms with Gasteiger partial charge in [-0.3, -0.25) is 0 Å². The van der Waals surface area contributed by atoms with E-state index in [9.17, 15) is 8.42 Å². The third-order valence-corrected chi connectivity index (χ3v) is 4.78. The number of sulfone groups is 1. The fraction of sp³-hybridized carbons (Fsp3) is 0.500. The second kappa shape index (κ2) is 4.59. The van der Waals surface area contributed by atoms with Gasteiger partial charge in [-0.2, -0.15) is 0 Å². The van der Waals surface area contributed by atoms with Crippen molar-refractivity contribution < 1.29 is 8.42 Å². The van der Waals surface area contributed by atoms with Gasteiger partial charge in [0.05, 0.1) is 4.75 Å². The molecule has 0 amide bonds. The molecule has 0 aliphatic carbocycles. The summed E-state index contributed by atoms with van der Waals surface area (Å²) in [5, 5.41) is 3.33. The van der Waals surface area contributed by atoms with Crippen molar-refractivity contribution >= 4 is 27.3 Å². The second-order valence-electron chi connectivity index (χ2n) is 4.23. The van der Waals surface area contributed by atoms with E-state index in [1.807, 2.05) is 0 Å². The molecular formula is C10H15ClN2O2S. The number of hydrogen-bond acceptors (Lipinski definition) is 4. The number of halogens is 1. The van der Waals surface area contributed by atoms with Crippen LogP contribution in [-0.4, -0.2) is 30.9 Å². The number of pyridine rings is 1. The van der Waals surface area contributed by atoms with Gasteiger partial charge in [-0.05, 0) is 26.0 Å². The molecule has 4 nitrogen and oxygen atoms in total. The van der Waals surface area contributed by atoms with E-state index in [4.69, 9.17) is 11.6 Å². The molecule has 0 fully saturated rings. The molecular weight excluding hydrogens is 248 g/mol. The molecule has 0 aliphatic heterocycles. The van der Waals surface area contributed by atoms with Gasteiger partial charge in [-0.25, -0.2) is 13.4 Å². The van der Waals surface area contributed by atoms with Crippen molar-refractivity contribution in [3.05, 3.63) is 23.4 Å². The maximum atomic E-state index is 11.5. The first kappa shape index (κ1) is 13.3. The van der Waals surface area contributed by atoms with Crippen LogP contribution in [0, 0.1) is 0 Å². The third kappa shape index (κ3) is 3.35. The van der Waals surface area contributed by atoms with E-state index in [0.717, 1.165) is 0 Å². The van der Waals surface area contributed by atoms with E-state index < -0.39 is 14.6 Å². The molecule has 0 aliphatic rings. The minimum absolute atomic E-state index is 0.291. The largest absolute Gasteiger partial charge is 0.368 e. The van der Waals surface area contributed by atoms with Crippen LogP contribution in [0.3, 0.4) is 0 Å². The van der Waals surface area contributed by atoms with Gasteiger partial charge < -0.3 is 5.32 Å². The summed E-state index contributed by atoms with van der Waals surface area (Å²) in [6.45, 7) is 3.62. The second-order valence-corrected chi connectivity index (χ2v) is 7.27. The molecule has 16 heavy (non-hydrogen) atoms. The Morgan fingerprint density at radius 1 is 1.44 bits per heavy atom. The van der Waals surface area contributed by atoms with Crippen LogP contribution in [0.4, 0.5) is 5.82 Å². The monoisotopic (exact) mass is 262 g/mol. The molecule has 0 unspecified atom stereocenters. The summed E-state index contributed by atoms with van der Waals surface area (Å²) in [7, 11) is -3.11. The lowest BCUT2D eigenvalue weighted by molar-refractivity contribution is 0.559. The molecule has 0 spiro atoms. The van der Waals surface area contributed by atoms with Crippen molar-refractivity contribution in [2.75, 3.05) is 18.1 Å². The van der Waals surface area contributed by atoms with Gasteiger partial charge in [0.25, 0.3) is 0 Å². The summed E-state index contributed by atoms with van der Waals surface area (Å²) >= 11 is 5.72. The topological polar surface area (TPSA) is 59.1 Å². The lowest BCUT2D eigenvalue weighted by Gasteiger charge is -2.22. The Bertz CT molecular complexity index is 471. The average Bonchev–Trinajstić information content (AvgIpc) is 2.13. The van der Waals surface area contributed by atoms with Crippen LogP contribution in [0.1, 0.15) is 13.8 Å². The van der Waals surface area contributed by atoms with Crippen LogP contribution in [-0.2, 0) is 9.84 Å². The van der Waals surface area contributed by atoms with Gasteiger partial charge in [0.1, 0.15) is 11.0 Å². The number of nitrogens with one attached hydrogen (secondary N) is 1. The van der Waals surface area contributed by atoms with E-state index in [1.54, 1.807) is 32.0 Å². The summed E-state index contributed by atoms with van der Waals surface area (Å²) in [5.74, 6) is 0.573. The van der Waals surface area contributed by atoms with E-state index in [-0.39, 0.29) is 0 Å². The molecule has 0 saturated carbocycles. The normalized spacial score (nSPS) is 12.5. The number of aromatic nitrogens is 1. The molecule has 1 rings (SSSR count). The van der Waals surface area contributed by atoms with Crippen molar-refractivity contribution in [2.45, 2.75) is 18.6 Å².